The van der Waals surface area contributed by atoms with Crippen molar-refractivity contribution >= 4 is 11.6 Å². The van der Waals surface area contributed by atoms with Crippen molar-refractivity contribution in [1.82, 2.24) is 0 Å². The molecule has 0 aromatic heterocycles. The molecule has 0 aliphatic heterocycles. The van der Waals surface area contributed by atoms with Gasteiger partial charge in [-0.05, 0) is 30.1 Å². The summed E-state index contributed by atoms with van der Waals surface area (Å²) in [7, 11) is 0. The van der Waals surface area contributed by atoms with Crippen LogP contribution in [-0.4, -0.2) is 11.6 Å². The lowest BCUT2D eigenvalue weighted by Gasteiger charge is -2.44. The minimum absolute atomic E-state index is 0.00512. The van der Waals surface area contributed by atoms with Crippen LogP contribution in [0.25, 0.3) is 0 Å². The van der Waals surface area contributed by atoms with E-state index in [0.717, 1.165) is 12.8 Å². The second-order valence-corrected chi connectivity index (χ2v) is 6.61. The Bertz CT molecular complexity index is 345. The van der Waals surface area contributed by atoms with E-state index in [-0.39, 0.29) is 17.3 Å². The summed E-state index contributed by atoms with van der Waals surface area (Å²) in [4.78, 5) is 24.2. The summed E-state index contributed by atoms with van der Waals surface area (Å²) in [5, 5.41) is 0. The Morgan fingerprint density at radius 3 is 2.35 bits per heavy atom. The first-order valence-corrected chi connectivity index (χ1v) is 6.94. The molecule has 2 fully saturated rings. The van der Waals surface area contributed by atoms with Gasteiger partial charge in [0, 0.05) is 24.7 Å². The van der Waals surface area contributed by atoms with Crippen LogP contribution in [0.2, 0.25) is 0 Å². The van der Waals surface area contributed by atoms with Crippen molar-refractivity contribution in [3.05, 3.63) is 0 Å². The molecule has 2 aliphatic rings. The molecule has 2 aliphatic carbocycles. The summed E-state index contributed by atoms with van der Waals surface area (Å²) >= 11 is 0. The van der Waals surface area contributed by atoms with Crippen LogP contribution in [0.15, 0.2) is 0 Å². The van der Waals surface area contributed by atoms with Crippen molar-refractivity contribution in [2.45, 2.75) is 53.4 Å². The summed E-state index contributed by atoms with van der Waals surface area (Å²) in [5.41, 5.74) is -0.00512. The average Bonchev–Trinajstić information content (AvgIpc) is 2.45. The molecular formula is C15H24O2. The fraction of sp³-hybridized carbons (Fsp3) is 0.867. The lowest BCUT2D eigenvalue weighted by atomic mass is 9.59. The normalized spacial score (nSPS) is 42.8. The van der Waals surface area contributed by atoms with Crippen LogP contribution in [0, 0.1) is 29.1 Å². The second kappa shape index (κ2) is 4.22. The summed E-state index contributed by atoms with van der Waals surface area (Å²) in [5.74, 6) is 1.86. The fourth-order valence-electron chi connectivity index (χ4n) is 4.21. The van der Waals surface area contributed by atoms with Gasteiger partial charge in [0.2, 0.25) is 0 Å². The van der Waals surface area contributed by atoms with Crippen LogP contribution in [0.5, 0.6) is 0 Å². The lowest BCUT2D eigenvalue weighted by molar-refractivity contribution is -0.133. The van der Waals surface area contributed by atoms with E-state index in [2.05, 4.69) is 20.8 Å². The highest BCUT2D eigenvalue weighted by atomic mass is 16.1. The molecule has 2 nitrogen and oxygen atoms in total. The fourth-order valence-corrected chi connectivity index (χ4v) is 4.21. The molecule has 17 heavy (non-hydrogen) atoms. The molecule has 2 heteroatoms. The molecule has 0 heterocycles. The zero-order chi connectivity index (χ0) is 12.8. The maximum atomic E-state index is 12.2. The molecular weight excluding hydrogens is 212 g/mol. The molecule has 2 saturated carbocycles. The SMILES string of the molecule is CC(C)[C@H]1C(=O)C[C@H](C)[C@]12CC[C@H](C)C(=O)C2. The predicted octanol–water partition coefficient (Wildman–Crippen LogP) is 3.24. The van der Waals surface area contributed by atoms with Crippen molar-refractivity contribution in [2.24, 2.45) is 29.1 Å². The van der Waals surface area contributed by atoms with Crippen LogP contribution >= 0.6 is 0 Å². The van der Waals surface area contributed by atoms with E-state index in [0.29, 0.717) is 36.2 Å². The zero-order valence-electron chi connectivity index (χ0n) is 11.5. The van der Waals surface area contributed by atoms with Gasteiger partial charge in [-0.15, -0.1) is 0 Å². The van der Waals surface area contributed by atoms with E-state index in [1.165, 1.54) is 0 Å². The van der Waals surface area contributed by atoms with Crippen molar-refractivity contribution in [3.63, 3.8) is 0 Å². The van der Waals surface area contributed by atoms with Gasteiger partial charge in [-0.3, -0.25) is 9.59 Å². The van der Waals surface area contributed by atoms with Crippen molar-refractivity contribution in [3.8, 4) is 0 Å². The van der Waals surface area contributed by atoms with Gasteiger partial charge in [-0.2, -0.15) is 0 Å². The summed E-state index contributed by atoms with van der Waals surface area (Å²) in [6, 6.07) is 0. The quantitative estimate of drug-likeness (QED) is 0.700. The van der Waals surface area contributed by atoms with Crippen LogP contribution < -0.4 is 0 Å². The molecule has 0 N–H and O–H groups in total. The van der Waals surface area contributed by atoms with Crippen molar-refractivity contribution in [2.75, 3.05) is 0 Å². The Balaban J connectivity index is 2.33. The molecule has 0 amide bonds. The first kappa shape index (κ1) is 12.8. The number of hydrogen-bond acceptors (Lipinski definition) is 2. The summed E-state index contributed by atoms with van der Waals surface area (Å²) in [6.45, 7) is 8.46. The summed E-state index contributed by atoms with van der Waals surface area (Å²) < 4.78 is 0. The maximum absolute atomic E-state index is 12.2. The third kappa shape index (κ3) is 1.86. The molecule has 0 aromatic carbocycles. The van der Waals surface area contributed by atoms with Crippen LogP contribution in [0.1, 0.15) is 53.4 Å². The largest absolute Gasteiger partial charge is 0.299 e. The third-order valence-electron chi connectivity index (χ3n) is 5.22. The zero-order valence-corrected chi connectivity index (χ0v) is 11.5. The number of ketones is 2. The van der Waals surface area contributed by atoms with Crippen LogP contribution in [-0.2, 0) is 9.59 Å². The molecule has 4 atom stereocenters. The highest BCUT2D eigenvalue weighted by Crippen LogP contribution is 2.56. The summed E-state index contributed by atoms with van der Waals surface area (Å²) in [6.07, 6.45) is 3.36. The van der Waals surface area contributed by atoms with Gasteiger partial charge < -0.3 is 0 Å². The minimum atomic E-state index is -0.00512. The Hall–Kier alpha value is -0.660. The van der Waals surface area contributed by atoms with Gasteiger partial charge in [0.05, 0.1) is 0 Å². The Kier molecular flexibility index (Phi) is 3.17. The van der Waals surface area contributed by atoms with Gasteiger partial charge in [0.15, 0.2) is 0 Å². The first-order valence-electron chi connectivity index (χ1n) is 6.94. The monoisotopic (exact) mass is 236 g/mol. The van der Waals surface area contributed by atoms with Gasteiger partial charge in [0.25, 0.3) is 0 Å². The molecule has 96 valence electrons. The van der Waals surface area contributed by atoms with Gasteiger partial charge in [-0.1, -0.05) is 27.7 Å². The van der Waals surface area contributed by atoms with Crippen LogP contribution in [0.3, 0.4) is 0 Å². The Labute approximate surface area is 104 Å². The maximum Gasteiger partial charge on any atom is 0.137 e. The predicted molar refractivity (Wildman–Crippen MR) is 67.6 cm³/mol. The topological polar surface area (TPSA) is 34.1 Å². The number of rotatable bonds is 1. The molecule has 0 radical (unpaired) electrons. The van der Waals surface area contributed by atoms with Gasteiger partial charge in [-0.25, -0.2) is 0 Å². The van der Waals surface area contributed by atoms with Gasteiger partial charge in [0.1, 0.15) is 11.6 Å². The van der Waals surface area contributed by atoms with Crippen LogP contribution in [0.4, 0.5) is 0 Å². The van der Waals surface area contributed by atoms with E-state index < -0.39 is 0 Å². The number of hydrogen-bond donors (Lipinski definition) is 0. The van der Waals surface area contributed by atoms with Gasteiger partial charge >= 0.3 is 0 Å². The standard InChI is InChI=1S/C15H24O2/c1-9(2)14-12(16)7-11(4)15(14)6-5-10(3)13(17)8-15/h9-11,14H,5-8H2,1-4H3/t10-,11-,14-,15+/m0/s1. The molecule has 0 aromatic rings. The third-order valence-corrected chi connectivity index (χ3v) is 5.22. The average molecular weight is 236 g/mol. The number of carbonyl (C=O) groups is 2. The van der Waals surface area contributed by atoms with Crippen molar-refractivity contribution < 1.29 is 9.59 Å². The highest BCUT2D eigenvalue weighted by Gasteiger charge is 2.55. The van der Waals surface area contributed by atoms with E-state index >= 15 is 0 Å². The second-order valence-electron chi connectivity index (χ2n) is 6.61. The Morgan fingerprint density at radius 2 is 1.82 bits per heavy atom. The lowest BCUT2D eigenvalue weighted by Crippen LogP contribution is -2.42. The van der Waals surface area contributed by atoms with Crippen molar-refractivity contribution in [1.29, 1.82) is 0 Å². The molecule has 0 saturated heterocycles. The van der Waals surface area contributed by atoms with E-state index in [1.54, 1.807) is 0 Å². The number of Topliss-reactive ketones (excluding diaryl/α,β-unsaturated/α-hetero) is 2. The molecule has 0 unspecified atom stereocenters. The molecule has 0 bridgehead atoms. The highest BCUT2D eigenvalue weighted by molar-refractivity contribution is 5.88. The van der Waals surface area contributed by atoms with E-state index in [1.807, 2.05) is 6.92 Å². The first-order chi connectivity index (χ1) is 7.88. The minimum Gasteiger partial charge on any atom is -0.299 e. The molecule has 1 spiro atoms. The number of carbonyl (C=O) groups excluding carboxylic acids is 2. The van der Waals surface area contributed by atoms with E-state index in [9.17, 15) is 9.59 Å². The molecule has 2 rings (SSSR count). The van der Waals surface area contributed by atoms with E-state index in [4.69, 9.17) is 0 Å². The smallest absolute Gasteiger partial charge is 0.137 e. The Morgan fingerprint density at radius 1 is 1.18 bits per heavy atom.